The Morgan fingerprint density at radius 2 is 2.16 bits per heavy atom. The molecule has 0 aliphatic heterocycles. The number of halogens is 1. The molecule has 2 rings (SSSR count). The summed E-state index contributed by atoms with van der Waals surface area (Å²) >= 11 is 3.42. The minimum atomic E-state index is -0.159. The van der Waals surface area contributed by atoms with Crippen LogP contribution in [0.3, 0.4) is 0 Å². The monoisotopic (exact) mass is 321 g/mol. The van der Waals surface area contributed by atoms with Crippen LogP contribution in [0.5, 0.6) is 5.75 Å². The van der Waals surface area contributed by atoms with Crippen LogP contribution in [-0.2, 0) is 0 Å². The van der Waals surface area contributed by atoms with Crippen molar-refractivity contribution in [2.24, 2.45) is 5.84 Å². The summed E-state index contributed by atoms with van der Waals surface area (Å²) < 4.78 is 6.56. The van der Waals surface area contributed by atoms with E-state index in [1.165, 1.54) is 0 Å². The molecule has 1 aromatic carbocycles. The van der Waals surface area contributed by atoms with Crippen LogP contribution in [-0.4, -0.2) is 11.6 Å². The second-order valence-electron chi connectivity index (χ2n) is 4.01. The zero-order valence-corrected chi connectivity index (χ0v) is 12.2. The molecule has 1 aromatic heterocycles. The highest BCUT2D eigenvalue weighted by Crippen LogP contribution is 2.30. The Bertz CT molecular complexity index is 548. The maximum absolute atomic E-state index is 5.70. The minimum Gasteiger partial charge on any atom is -0.494 e. The average Bonchev–Trinajstić information content (AvgIpc) is 2.42. The molecule has 5 heteroatoms. The lowest BCUT2D eigenvalue weighted by Gasteiger charge is -2.19. The van der Waals surface area contributed by atoms with E-state index in [1.54, 1.807) is 12.4 Å². The van der Waals surface area contributed by atoms with E-state index in [0.29, 0.717) is 6.61 Å². The molecule has 3 N–H and O–H groups in total. The fourth-order valence-corrected chi connectivity index (χ4v) is 2.34. The van der Waals surface area contributed by atoms with Gasteiger partial charge in [0.1, 0.15) is 5.75 Å². The van der Waals surface area contributed by atoms with Gasteiger partial charge in [0.25, 0.3) is 0 Å². The molecule has 0 aliphatic rings. The first-order valence-corrected chi connectivity index (χ1v) is 6.84. The summed E-state index contributed by atoms with van der Waals surface area (Å²) in [5, 5.41) is 0. The molecule has 1 unspecified atom stereocenters. The maximum atomic E-state index is 5.70. The normalized spacial score (nSPS) is 12.2. The number of aromatic nitrogens is 1. The summed E-state index contributed by atoms with van der Waals surface area (Å²) in [6.45, 7) is 2.58. The van der Waals surface area contributed by atoms with Crippen molar-refractivity contribution in [3.8, 4) is 5.75 Å². The van der Waals surface area contributed by atoms with E-state index in [1.807, 2.05) is 37.3 Å². The van der Waals surface area contributed by atoms with E-state index >= 15 is 0 Å². The van der Waals surface area contributed by atoms with Gasteiger partial charge in [-0.3, -0.25) is 10.8 Å². The Balaban J connectivity index is 2.42. The van der Waals surface area contributed by atoms with E-state index in [9.17, 15) is 0 Å². The lowest BCUT2D eigenvalue weighted by atomic mass is 10.00. The number of nitrogens with two attached hydrogens (primary N) is 1. The van der Waals surface area contributed by atoms with Gasteiger partial charge >= 0.3 is 0 Å². The summed E-state index contributed by atoms with van der Waals surface area (Å²) in [6, 6.07) is 9.67. The van der Waals surface area contributed by atoms with Gasteiger partial charge in [-0.2, -0.15) is 0 Å². The van der Waals surface area contributed by atoms with Crippen molar-refractivity contribution in [2.45, 2.75) is 13.0 Å². The Kier molecular flexibility index (Phi) is 4.90. The Hall–Kier alpha value is -1.43. The van der Waals surface area contributed by atoms with Crippen molar-refractivity contribution < 1.29 is 4.74 Å². The number of nitrogens with one attached hydrogen (secondary N) is 1. The van der Waals surface area contributed by atoms with Gasteiger partial charge in [-0.15, -0.1) is 0 Å². The van der Waals surface area contributed by atoms with Gasteiger partial charge in [0.05, 0.1) is 12.6 Å². The van der Waals surface area contributed by atoms with Gasteiger partial charge in [-0.05, 0) is 40.5 Å². The van der Waals surface area contributed by atoms with Crippen LogP contribution in [0.25, 0.3) is 0 Å². The third kappa shape index (κ3) is 3.32. The van der Waals surface area contributed by atoms with Gasteiger partial charge in [-0.1, -0.05) is 18.2 Å². The molecule has 0 bridgehead atoms. The summed E-state index contributed by atoms with van der Waals surface area (Å²) in [7, 11) is 0. The average molecular weight is 322 g/mol. The first-order valence-electron chi connectivity index (χ1n) is 6.04. The van der Waals surface area contributed by atoms with Crippen LogP contribution in [0, 0.1) is 0 Å². The minimum absolute atomic E-state index is 0.159. The third-order valence-corrected chi connectivity index (χ3v) is 3.19. The predicted molar refractivity (Wildman–Crippen MR) is 78.7 cm³/mol. The molecule has 0 fully saturated rings. The van der Waals surface area contributed by atoms with Crippen LogP contribution in [0.1, 0.15) is 24.1 Å². The third-order valence-electron chi connectivity index (χ3n) is 2.76. The van der Waals surface area contributed by atoms with Crippen LogP contribution in [0.15, 0.2) is 47.2 Å². The quantitative estimate of drug-likeness (QED) is 0.656. The molecule has 4 nitrogen and oxygen atoms in total. The molecule has 2 aromatic rings. The van der Waals surface area contributed by atoms with Crippen LogP contribution in [0.4, 0.5) is 0 Å². The number of hydrazine groups is 1. The summed E-state index contributed by atoms with van der Waals surface area (Å²) in [4.78, 5) is 4.17. The van der Waals surface area contributed by atoms with Crippen molar-refractivity contribution >= 4 is 15.9 Å². The molecule has 100 valence electrons. The summed E-state index contributed by atoms with van der Waals surface area (Å²) in [5.74, 6) is 6.53. The number of pyridine rings is 1. The van der Waals surface area contributed by atoms with Gasteiger partial charge in [0.2, 0.25) is 0 Å². The van der Waals surface area contributed by atoms with E-state index in [4.69, 9.17) is 10.6 Å². The number of rotatable bonds is 5. The molecule has 1 heterocycles. The summed E-state index contributed by atoms with van der Waals surface area (Å²) in [6.07, 6.45) is 3.53. The first kappa shape index (κ1) is 14.0. The fraction of sp³-hybridized carbons (Fsp3) is 0.214. The molecule has 0 saturated heterocycles. The van der Waals surface area contributed by atoms with Crippen molar-refractivity contribution in [1.29, 1.82) is 0 Å². The zero-order valence-electron chi connectivity index (χ0n) is 10.6. The molecule has 0 amide bonds. The number of hydrogen-bond donors (Lipinski definition) is 2. The van der Waals surface area contributed by atoms with E-state index < -0.39 is 0 Å². The standard InChI is InChI=1S/C14H16BrN3O/c1-2-19-13-6-4-3-5-12(13)14(18-16)10-7-11(15)9-17-8-10/h3-9,14,18H,2,16H2,1H3. The molecule has 0 aliphatic carbocycles. The van der Waals surface area contributed by atoms with Crippen LogP contribution < -0.4 is 16.0 Å². The SMILES string of the molecule is CCOc1ccccc1C(NN)c1cncc(Br)c1. The van der Waals surface area contributed by atoms with E-state index in [2.05, 4.69) is 26.3 Å². The lowest BCUT2D eigenvalue weighted by molar-refractivity contribution is 0.333. The number of para-hydroxylation sites is 1. The van der Waals surface area contributed by atoms with Gasteiger partial charge in [0.15, 0.2) is 0 Å². The number of benzene rings is 1. The molecule has 0 saturated carbocycles. The number of ether oxygens (including phenoxy) is 1. The molecular weight excluding hydrogens is 306 g/mol. The molecule has 0 spiro atoms. The van der Waals surface area contributed by atoms with Crippen molar-refractivity contribution in [3.05, 3.63) is 58.3 Å². The second kappa shape index (κ2) is 6.65. The lowest BCUT2D eigenvalue weighted by Crippen LogP contribution is -2.29. The van der Waals surface area contributed by atoms with Crippen molar-refractivity contribution in [1.82, 2.24) is 10.4 Å². The molecule has 0 radical (unpaired) electrons. The van der Waals surface area contributed by atoms with Crippen LogP contribution in [0.2, 0.25) is 0 Å². The van der Waals surface area contributed by atoms with Gasteiger partial charge in [0, 0.05) is 22.4 Å². The maximum Gasteiger partial charge on any atom is 0.124 e. The Morgan fingerprint density at radius 1 is 1.37 bits per heavy atom. The largest absolute Gasteiger partial charge is 0.494 e. The molecule has 19 heavy (non-hydrogen) atoms. The topological polar surface area (TPSA) is 60.2 Å². The highest BCUT2D eigenvalue weighted by molar-refractivity contribution is 9.10. The Morgan fingerprint density at radius 3 is 2.84 bits per heavy atom. The van der Waals surface area contributed by atoms with Crippen molar-refractivity contribution in [3.63, 3.8) is 0 Å². The highest BCUT2D eigenvalue weighted by Gasteiger charge is 2.17. The van der Waals surface area contributed by atoms with E-state index in [-0.39, 0.29) is 6.04 Å². The number of hydrogen-bond acceptors (Lipinski definition) is 4. The number of nitrogens with zero attached hydrogens (tertiary/aromatic N) is 1. The van der Waals surface area contributed by atoms with Gasteiger partial charge in [-0.25, -0.2) is 5.43 Å². The predicted octanol–water partition coefficient (Wildman–Crippen LogP) is 2.80. The molecule has 1 atom stereocenters. The molecular formula is C14H16BrN3O. The van der Waals surface area contributed by atoms with Crippen LogP contribution >= 0.6 is 15.9 Å². The van der Waals surface area contributed by atoms with E-state index in [0.717, 1.165) is 21.3 Å². The fourth-order valence-electron chi connectivity index (χ4n) is 1.96. The first-order chi connectivity index (χ1) is 9.26. The Labute approximate surface area is 121 Å². The zero-order chi connectivity index (χ0) is 13.7. The smallest absolute Gasteiger partial charge is 0.124 e. The highest BCUT2D eigenvalue weighted by atomic mass is 79.9. The second-order valence-corrected chi connectivity index (χ2v) is 4.92. The van der Waals surface area contributed by atoms with Gasteiger partial charge < -0.3 is 4.74 Å². The summed E-state index contributed by atoms with van der Waals surface area (Å²) in [5.41, 5.74) is 4.79. The van der Waals surface area contributed by atoms with Crippen molar-refractivity contribution in [2.75, 3.05) is 6.61 Å².